The molecule has 0 N–H and O–H groups in total. The minimum Gasteiger partial charge on any atom is -0.377 e. The number of rotatable bonds is 1. The van der Waals surface area contributed by atoms with Crippen LogP contribution in [0.25, 0.3) is 0 Å². The fraction of sp³-hybridized carbons (Fsp3) is 0.900. The maximum atomic E-state index is 11.1. The third kappa shape index (κ3) is 3.35. The van der Waals surface area contributed by atoms with E-state index in [4.69, 9.17) is 4.74 Å². The first-order chi connectivity index (χ1) is 5.47. The zero-order valence-corrected chi connectivity index (χ0v) is 8.22. The minimum atomic E-state index is 0.172. The lowest BCUT2D eigenvalue weighted by Crippen LogP contribution is -2.29. The van der Waals surface area contributed by atoms with Crippen LogP contribution in [0.15, 0.2) is 0 Å². The van der Waals surface area contributed by atoms with Crippen LogP contribution in [0.3, 0.4) is 0 Å². The summed E-state index contributed by atoms with van der Waals surface area (Å²) in [4.78, 5) is 11.1. The Morgan fingerprint density at radius 3 is 2.67 bits per heavy atom. The van der Waals surface area contributed by atoms with E-state index in [2.05, 4.69) is 20.8 Å². The lowest BCUT2D eigenvalue weighted by atomic mass is 9.87. The molecule has 1 atom stereocenters. The van der Waals surface area contributed by atoms with Crippen LogP contribution >= 0.6 is 0 Å². The Balaban J connectivity index is 2.37. The quantitative estimate of drug-likeness (QED) is 0.603. The number of Topliss-reactive ketones (excluding diaryl/α,β-unsaturated/α-hetero) is 1. The van der Waals surface area contributed by atoms with E-state index >= 15 is 0 Å². The van der Waals surface area contributed by atoms with Crippen molar-refractivity contribution in [3.8, 4) is 0 Å². The molecule has 2 nitrogen and oxygen atoms in total. The first kappa shape index (κ1) is 9.72. The summed E-state index contributed by atoms with van der Waals surface area (Å²) in [7, 11) is 0. The van der Waals surface area contributed by atoms with E-state index in [1.165, 1.54) is 0 Å². The molecule has 0 radical (unpaired) electrons. The van der Waals surface area contributed by atoms with Gasteiger partial charge in [-0.1, -0.05) is 20.8 Å². The summed E-state index contributed by atoms with van der Waals surface area (Å²) < 4.78 is 5.50. The normalized spacial score (nSPS) is 25.9. The van der Waals surface area contributed by atoms with Crippen LogP contribution in [0.1, 0.15) is 40.0 Å². The van der Waals surface area contributed by atoms with Crippen LogP contribution in [-0.4, -0.2) is 18.5 Å². The molecule has 0 aliphatic carbocycles. The largest absolute Gasteiger partial charge is 0.377 e. The van der Waals surface area contributed by atoms with Crippen molar-refractivity contribution in [3.05, 3.63) is 0 Å². The summed E-state index contributed by atoms with van der Waals surface area (Å²) in [5, 5.41) is 0. The molecule has 1 unspecified atom stereocenters. The molecule has 1 aliphatic rings. The Labute approximate surface area is 74.3 Å². The third-order valence-electron chi connectivity index (χ3n) is 2.03. The SMILES string of the molecule is CC(C)(C)CC1CC(=O)CCO1. The molecule has 12 heavy (non-hydrogen) atoms. The van der Waals surface area contributed by atoms with Gasteiger partial charge in [-0.2, -0.15) is 0 Å². The van der Waals surface area contributed by atoms with Gasteiger partial charge in [-0.15, -0.1) is 0 Å². The van der Waals surface area contributed by atoms with Crippen LogP contribution in [0.4, 0.5) is 0 Å². The molecule has 1 rings (SSSR count). The summed E-state index contributed by atoms with van der Waals surface area (Å²) in [6.07, 6.45) is 2.39. The van der Waals surface area contributed by atoms with Crippen LogP contribution in [-0.2, 0) is 9.53 Å². The van der Waals surface area contributed by atoms with E-state index in [0.29, 0.717) is 25.2 Å². The van der Waals surface area contributed by atoms with Crippen molar-refractivity contribution in [2.45, 2.75) is 46.1 Å². The molecule has 0 saturated carbocycles. The first-order valence-corrected chi connectivity index (χ1v) is 4.61. The summed E-state index contributed by atoms with van der Waals surface area (Å²) in [5.74, 6) is 0.357. The number of hydrogen-bond donors (Lipinski definition) is 0. The molecule has 1 saturated heterocycles. The van der Waals surface area contributed by atoms with Gasteiger partial charge in [0.25, 0.3) is 0 Å². The average molecular weight is 170 g/mol. The molecule has 1 heterocycles. The third-order valence-corrected chi connectivity index (χ3v) is 2.03. The molecule has 1 aliphatic heterocycles. The molecule has 2 heteroatoms. The van der Waals surface area contributed by atoms with E-state index in [9.17, 15) is 4.79 Å². The highest BCUT2D eigenvalue weighted by Crippen LogP contribution is 2.26. The van der Waals surface area contributed by atoms with Gasteiger partial charge in [-0.25, -0.2) is 0 Å². The number of ketones is 1. The summed E-state index contributed by atoms with van der Waals surface area (Å²) in [6, 6.07) is 0. The molecule has 0 spiro atoms. The van der Waals surface area contributed by atoms with Gasteiger partial charge >= 0.3 is 0 Å². The number of ether oxygens (including phenoxy) is 1. The van der Waals surface area contributed by atoms with Crippen molar-refractivity contribution in [2.24, 2.45) is 5.41 Å². The number of carbonyl (C=O) groups excluding carboxylic acids is 1. The van der Waals surface area contributed by atoms with Gasteiger partial charge in [-0.3, -0.25) is 4.79 Å². The van der Waals surface area contributed by atoms with Crippen molar-refractivity contribution in [2.75, 3.05) is 6.61 Å². The predicted molar refractivity (Wildman–Crippen MR) is 48.1 cm³/mol. The molecule has 0 bridgehead atoms. The van der Waals surface area contributed by atoms with Gasteiger partial charge in [0.1, 0.15) is 5.78 Å². The van der Waals surface area contributed by atoms with Crippen LogP contribution < -0.4 is 0 Å². The van der Waals surface area contributed by atoms with Crippen molar-refractivity contribution in [1.82, 2.24) is 0 Å². The second-order valence-corrected chi connectivity index (χ2v) is 4.75. The average Bonchev–Trinajstić information content (AvgIpc) is 1.82. The number of hydrogen-bond acceptors (Lipinski definition) is 2. The Morgan fingerprint density at radius 1 is 1.50 bits per heavy atom. The molecule has 0 aromatic carbocycles. The fourth-order valence-electron chi connectivity index (χ4n) is 1.57. The van der Waals surface area contributed by atoms with Crippen molar-refractivity contribution >= 4 is 5.78 Å². The molecule has 1 fully saturated rings. The zero-order valence-electron chi connectivity index (χ0n) is 8.22. The van der Waals surface area contributed by atoms with E-state index in [0.717, 1.165) is 6.42 Å². The summed E-state index contributed by atoms with van der Waals surface area (Å²) in [6.45, 7) is 7.15. The lowest BCUT2D eigenvalue weighted by molar-refractivity contribution is -0.129. The van der Waals surface area contributed by atoms with Gasteiger partial charge in [-0.05, 0) is 11.8 Å². The monoisotopic (exact) mass is 170 g/mol. The minimum absolute atomic E-state index is 0.172. The van der Waals surface area contributed by atoms with Gasteiger partial charge in [0, 0.05) is 12.8 Å². The van der Waals surface area contributed by atoms with Gasteiger partial charge < -0.3 is 4.74 Å². The van der Waals surface area contributed by atoms with E-state index in [1.54, 1.807) is 0 Å². The molecule has 0 aromatic heterocycles. The summed E-state index contributed by atoms with van der Waals surface area (Å²) in [5.41, 5.74) is 0.266. The second kappa shape index (κ2) is 3.56. The Kier molecular flexibility index (Phi) is 2.89. The second-order valence-electron chi connectivity index (χ2n) is 4.75. The van der Waals surface area contributed by atoms with Crippen molar-refractivity contribution in [1.29, 1.82) is 0 Å². The Hall–Kier alpha value is -0.370. The van der Waals surface area contributed by atoms with Crippen molar-refractivity contribution < 1.29 is 9.53 Å². The highest BCUT2D eigenvalue weighted by molar-refractivity contribution is 5.79. The zero-order chi connectivity index (χ0) is 9.19. The Morgan fingerprint density at radius 2 is 2.17 bits per heavy atom. The van der Waals surface area contributed by atoms with E-state index in [1.807, 2.05) is 0 Å². The smallest absolute Gasteiger partial charge is 0.137 e. The molecular formula is C10H18O2. The van der Waals surface area contributed by atoms with Crippen LogP contribution in [0, 0.1) is 5.41 Å². The predicted octanol–water partition coefficient (Wildman–Crippen LogP) is 2.17. The summed E-state index contributed by atoms with van der Waals surface area (Å²) >= 11 is 0. The van der Waals surface area contributed by atoms with Gasteiger partial charge in [0.05, 0.1) is 12.7 Å². The van der Waals surface area contributed by atoms with E-state index < -0.39 is 0 Å². The first-order valence-electron chi connectivity index (χ1n) is 4.61. The highest BCUT2D eigenvalue weighted by Gasteiger charge is 2.24. The van der Waals surface area contributed by atoms with Gasteiger partial charge in [0.2, 0.25) is 0 Å². The standard InChI is InChI=1S/C10H18O2/c1-10(2,3)7-9-6-8(11)4-5-12-9/h9H,4-7H2,1-3H3. The Bertz CT molecular complexity index is 167. The highest BCUT2D eigenvalue weighted by atomic mass is 16.5. The lowest BCUT2D eigenvalue weighted by Gasteiger charge is -2.28. The van der Waals surface area contributed by atoms with Crippen molar-refractivity contribution in [3.63, 3.8) is 0 Å². The van der Waals surface area contributed by atoms with E-state index in [-0.39, 0.29) is 11.5 Å². The molecule has 0 aromatic rings. The maximum absolute atomic E-state index is 11.1. The topological polar surface area (TPSA) is 26.3 Å². The maximum Gasteiger partial charge on any atom is 0.137 e. The van der Waals surface area contributed by atoms with Gasteiger partial charge in [0.15, 0.2) is 0 Å². The fourth-order valence-corrected chi connectivity index (χ4v) is 1.57. The molecule has 0 amide bonds. The molecular weight excluding hydrogens is 152 g/mol. The van der Waals surface area contributed by atoms with Crippen LogP contribution in [0.5, 0.6) is 0 Å². The number of carbonyl (C=O) groups is 1. The molecule has 70 valence electrons. The van der Waals surface area contributed by atoms with Crippen LogP contribution in [0.2, 0.25) is 0 Å².